The molecule has 1 aromatic rings. The molecule has 1 N–H and O–H groups in total. The molecule has 0 unspecified atom stereocenters. The van der Waals surface area contributed by atoms with Crippen LogP contribution in [-0.2, 0) is 6.42 Å². The third-order valence-corrected chi connectivity index (χ3v) is 3.54. The van der Waals surface area contributed by atoms with Gasteiger partial charge in [-0.3, -0.25) is 4.90 Å². The number of aliphatic hydroxyl groups is 1. The first-order valence-corrected chi connectivity index (χ1v) is 6.58. The van der Waals surface area contributed by atoms with E-state index >= 15 is 0 Å². The molecule has 100 valence electrons. The molecular weight excluding hydrogens is 231 g/mol. The van der Waals surface area contributed by atoms with E-state index in [-0.39, 0.29) is 12.4 Å². The molecule has 0 spiro atoms. The Kier molecular flexibility index (Phi) is 5.11. The third kappa shape index (κ3) is 3.77. The van der Waals surface area contributed by atoms with Crippen LogP contribution in [0.5, 0.6) is 0 Å². The zero-order chi connectivity index (χ0) is 12.8. The first-order valence-electron chi connectivity index (χ1n) is 6.58. The highest BCUT2D eigenvalue weighted by atomic mass is 19.1. The minimum absolute atomic E-state index is 0.101. The lowest BCUT2D eigenvalue weighted by Crippen LogP contribution is -2.47. The summed E-state index contributed by atoms with van der Waals surface area (Å²) >= 11 is 0. The van der Waals surface area contributed by atoms with Gasteiger partial charge >= 0.3 is 0 Å². The lowest BCUT2D eigenvalue weighted by atomic mass is 10.1. The molecule has 1 aromatic carbocycles. The highest BCUT2D eigenvalue weighted by Gasteiger charge is 2.16. The van der Waals surface area contributed by atoms with Gasteiger partial charge in [0.15, 0.2) is 0 Å². The summed E-state index contributed by atoms with van der Waals surface area (Å²) in [4.78, 5) is 4.62. The average molecular weight is 252 g/mol. The van der Waals surface area contributed by atoms with Crippen molar-refractivity contribution in [1.29, 1.82) is 0 Å². The number of aliphatic hydroxyl groups excluding tert-OH is 1. The van der Waals surface area contributed by atoms with Crippen molar-refractivity contribution in [2.75, 3.05) is 45.9 Å². The van der Waals surface area contributed by atoms with E-state index in [1.807, 2.05) is 12.1 Å². The Hall–Kier alpha value is -0.970. The summed E-state index contributed by atoms with van der Waals surface area (Å²) in [6, 6.07) is 7.00. The lowest BCUT2D eigenvalue weighted by molar-refractivity contribution is 0.113. The predicted octanol–water partition coefficient (Wildman–Crippen LogP) is 0.978. The van der Waals surface area contributed by atoms with Gasteiger partial charge in [-0.2, -0.15) is 0 Å². The first-order chi connectivity index (χ1) is 8.79. The Labute approximate surface area is 108 Å². The minimum atomic E-state index is -0.101. The SMILES string of the molecule is OCCN1CCN(CCc2ccccc2F)CC1. The van der Waals surface area contributed by atoms with Crippen molar-refractivity contribution in [2.24, 2.45) is 0 Å². The Bertz CT molecular complexity index is 365. The van der Waals surface area contributed by atoms with Crippen LogP contribution in [0.3, 0.4) is 0 Å². The fourth-order valence-electron chi connectivity index (χ4n) is 2.36. The maximum Gasteiger partial charge on any atom is 0.126 e. The zero-order valence-electron chi connectivity index (χ0n) is 10.7. The van der Waals surface area contributed by atoms with Crippen molar-refractivity contribution in [3.8, 4) is 0 Å². The smallest absolute Gasteiger partial charge is 0.126 e. The number of piperazine rings is 1. The van der Waals surface area contributed by atoms with Crippen LogP contribution in [0.4, 0.5) is 4.39 Å². The van der Waals surface area contributed by atoms with Gasteiger partial charge in [-0.15, -0.1) is 0 Å². The van der Waals surface area contributed by atoms with Gasteiger partial charge in [-0.1, -0.05) is 18.2 Å². The number of hydrogen-bond donors (Lipinski definition) is 1. The van der Waals surface area contributed by atoms with Crippen molar-refractivity contribution >= 4 is 0 Å². The van der Waals surface area contributed by atoms with Crippen LogP contribution in [0.25, 0.3) is 0 Å². The van der Waals surface area contributed by atoms with E-state index in [2.05, 4.69) is 9.80 Å². The molecule has 0 amide bonds. The van der Waals surface area contributed by atoms with Gasteiger partial charge in [0.2, 0.25) is 0 Å². The van der Waals surface area contributed by atoms with Gasteiger partial charge < -0.3 is 10.0 Å². The minimum Gasteiger partial charge on any atom is -0.395 e. The van der Waals surface area contributed by atoms with Crippen LogP contribution < -0.4 is 0 Å². The summed E-state index contributed by atoms with van der Waals surface area (Å²) in [7, 11) is 0. The van der Waals surface area contributed by atoms with Gasteiger partial charge in [-0.25, -0.2) is 4.39 Å². The monoisotopic (exact) mass is 252 g/mol. The molecule has 1 saturated heterocycles. The topological polar surface area (TPSA) is 26.7 Å². The molecule has 4 heteroatoms. The second-order valence-corrected chi connectivity index (χ2v) is 4.75. The summed E-state index contributed by atoms with van der Waals surface area (Å²) in [5, 5.41) is 8.87. The first kappa shape index (κ1) is 13.5. The Morgan fingerprint density at radius 3 is 2.22 bits per heavy atom. The molecule has 0 aliphatic carbocycles. The van der Waals surface area contributed by atoms with Crippen LogP contribution in [0.2, 0.25) is 0 Å². The largest absolute Gasteiger partial charge is 0.395 e. The molecule has 1 fully saturated rings. The number of hydrogen-bond acceptors (Lipinski definition) is 3. The summed E-state index contributed by atoms with van der Waals surface area (Å²) in [6.07, 6.45) is 0.771. The number of β-amino-alcohol motifs (C(OH)–C–C–N with tert-alkyl or cyclic N) is 1. The number of nitrogens with zero attached hydrogens (tertiary/aromatic N) is 2. The van der Waals surface area contributed by atoms with E-state index in [0.29, 0.717) is 0 Å². The average Bonchev–Trinajstić information content (AvgIpc) is 2.40. The second-order valence-electron chi connectivity index (χ2n) is 4.75. The Morgan fingerprint density at radius 1 is 1.00 bits per heavy atom. The molecule has 1 heterocycles. The van der Waals surface area contributed by atoms with Gasteiger partial charge in [0.25, 0.3) is 0 Å². The Morgan fingerprint density at radius 2 is 1.61 bits per heavy atom. The molecule has 18 heavy (non-hydrogen) atoms. The fourth-order valence-corrected chi connectivity index (χ4v) is 2.36. The molecule has 3 nitrogen and oxygen atoms in total. The standard InChI is InChI=1S/C14H21FN2O/c15-14-4-2-1-3-13(14)5-6-16-7-9-17(10-8-16)11-12-18/h1-4,18H,5-12H2. The van der Waals surface area contributed by atoms with Crippen molar-refractivity contribution < 1.29 is 9.50 Å². The molecule has 0 aromatic heterocycles. The zero-order valence-corrected chi connectivity index (χ0v) is 10.7. The molecule has 2 rings (SSSR count). The highest BCUT2D eigenvalue weighted by Crippen LogP contribution is 2.09. The van der Waals surface area contributed by atoms with Crippen molar-refractivity contribution in [2.45, 2.75) is 6.42 Å². The summed E-state index contributed by atoms with van der Waals surface area (Å²) in [5.74, 6) is -0.101. The van der Waals surface area contributed by atoms with Crippen LogP contribution in [0.1, 0.15) is 5.56 Å². The Balaban J connectivity index is 1.74. The lowest BCUT2D eigenvalue weighted by Gasteiger charge is -2.34. The van der Waals surface area contributed by atoms with Crippen molar-refractivity contribution in [3.05, 3.63) is 35.6 Å². The number of rotatable bonds is 5. The molecule has 1 aliphatic heterocycles. The number of benzene rings is 1. The van der Waals surface area contributed by atoms with Gasteiger partial charge in [-0.05, 0) is 18.1 Å². The third-order valence-electron chi connectivity index (χ3n) is 3.54. The van der Waals surface area contributed by atoms with E-state index < -0.39 is 0 Å². The molecule has 0 saturated carbocycles. The maximum absolute atomic E-state index is 13.5. The molecule has 0 bridgehead atoms. The molecular formula is C14H21FN2O. The van der Waals surface area contributed by atoms with Crippen LogP contribution in [-0.4, -0.2) is 60.8 Å². The maximum atomic E-state index is 13.5. The van der Waals surface area contributed by atoms with Crippen molar-refractivity contribution in [1.82, 2.24) is 9.80 Å². The summed E-state index contributed by atoms with van der Waals surface area (Å²) in [6.45, 7) is 5.92. The molecule has 0 radical (unpaired) electrons. The van der Waals surface area contributed by atoms with E-state index in [4.69, 9.17) is 5.11 Å². The van der Waals surface area contributed by atoms with E-state index in [1.54, 1.807) is 6.07 Å². The number of halogens is 1. The molecule has 0 atom stereocenters. The van der Waals surface area contributed by atoms with E-state index in [1.165, 1.54) is 6.07 Å². The predicted molar refractivity (Wildman–Crippen MR) is 70.1 cm³/mol. The fraction of sp³-hybridized carbons (Fsp3) is 0.571. The quantitative estimate of drug-likeness (QED) is 0.846. The van der Waals surface area contributed by atoms with E-state index in [9.17, 15) is 4.39 Å². The second kappa shape index (κ2) is 6.83. The summed E-state index contributed by atoms with van der Waals surface area (Å²) < 4.78 is 13.5. The highest BCUT2D eigenvalue weighted by molar-refractivity contribution is 5.17. The normalized spacial score (nSPS) is 18.1. The molecule has 1 aliphatic rings. The summed E-state index contributed by atoms with van der Waals surface area (Å²) in [5.41, 5.74) is 0.801. The van der Waals surface area contributed by atoms with Gasteiger partial charge in [0.05, 0.1) is 6.61 Å². The van der Waals surface area contributed by atoms with E-state index in [0.717, 1.165) is 51.3 Å². The van der Waals surface area contributed by atoms with Gasteiger partial charge in [0.1, 0.15) is 5.82 Å². The van der Waals surface area contributed by atoms with Crippen LogP contribution in [0.15, 0.2) is 24.3 Å². The van der Waals surface area contributed by atoms with Gasteiger partial charge in [0, 0.05) is 39.3 Å². The van der Waals surface area contributed by atoms with Crippen LogP contribution in [0, 0.1) is 5.82 Å². The van der Waals surface area contributed by atoms with Crippen molar-refractivity contribution in [3.63, 3.8) is 0 Å². The van der Waals surface area contributed by atoms with Crippen LogP contribution >= 0.6 is 0 Å².